The summed E-state index contributed by atoms with van der Waals surface area (Å²) in [4.78, 5) is 56.8. The Labute approximate surface area is 207 Å². The second-order valence-electron chi connectivity index (χ2n) is 8.07. The molecule has 0 radical (unpaired) electrons. The van der Waals surface area contributed by atoms with Gasteiger partial charge >= 0.3 is 12.1 Å². The molecule has 10 nitrogen and oxygen atoms in total. The van der Waals surface area contributed by atoms with E-state index in [0.717, 1.165) is 18.4 Å². The maximum Gasteiger partial charge on any atom is 0.409 e. The van der Waals surface area contributed by atoms with Gasteiger partial charge in [0.1, 0.15) is 10.7 Å². The molecule has 1 saturated heterocycles. The number of hydrogen-bond donors (Lipinski definition) is 2. The number of ether oxygens (including phenoxy) is 1. The molecule has 1 aromatic heterocycles. The zero-order chi connectivity index (χ0) is 25.2. The summed E-state index contributed by atoms with van der Waals surface area (Å²) in [6.45, 7) is 3.65. The zero-order valence-electron chi connectivity index (χ0n) is 19.7. The van der Waals surface area contributed by atoms with E-state index in [1.807, 2.05) is 37.3 Å². The van der Waals surface area contributed by atoms with Crippen LogP contribution in [-0.4, -0.2) is 83.1 Å². The molecule has 2 aromatic rings. The summed E-state index contributed by atoms with van der Waals surface area (Å²) in [5.41, 5.74) is 0.970. The average Bonchev–Trinajstić information content (AvgIpc) is 3.31. The summed E-state index contributed by atoms with van der Waals surface area (Å²) in [6.07, 6.45) is 1.43. The summed E-state index contributed by atoms with van der Waals surface area (Å²) in [5.74, 6) is -1.74. The van der Waals surface area contributed by atoms with Crippen LogP contribution in [0.2, 0.25) is 0 Å². The van der Waals surface area contributed by atoms with Gasteiger partial charge in [0.15, 0.2) is 0 Å². The predicted octanol–water partition coefficient (Wildman–Crippen LogP) is 2.64. The molecule has 0 aliphatic carbocycles. The van der Waals surface area contributed by atoms with Gasteiger partial charge in [-0.3, -0.25) is 14.4 Å². The lowest BCUT2D eigenvalue weighted by Gasteiger charge is -2.34. The topological polar surface area (TPSA) is 129 Å². The molecule has 1 fully saturated rings. The molecule has 3 amide bonds. The number of carbonyl (C=O) groups is 4. The lowest BCUT2D eigenvalue weighted by atomic mass is 10.2. The SMILES string of the molecule is CCCCOC(=O)N1CCN(C(=O)CNC(=O)c2nc(-c3ccccc3)sc2CCC(=O)O)CC1. The maximum atomic E-state index is 12.9. The Morgan fingerprint density at radius 2 is 1.77 bits per heavy atom. The van der Waals surface area contributed by atoms with Crippen LogP contribution in [0.4, 0.5) is 4.79 Å². The number of carbonyl (C=O) groups excluding carboxylic acids is 3. The van der Waals surface area contributed by atoms with Crippen LogP contribution in [0.3, 0.4) is 0 Å². The number of aryl methyl sites for hydroxylation is 1. The number of aromatic nitrogens is 1. The number of nitrogens with one attached hydrogen (secondary N) is 1. The van der Waals surface area contributed by atoms with Gasteiger partial charge in [-0.05, 0) is 12.8 Å². The van der Waals surface area contributed by atoms with Crippen molar-refractivity contribution in [3.05, 3.63) is 40.9 Å². The largest absolute Gasteiger partial charge is 0.481 e. The average molecular weight is 503 g/mol. The van der Waals surface area contributed by atoms with Gasteiger partial charge in [-0.25, -0.2) is 9.78 Å². The number of benzene rings is 1. The second kappa shape index (κ2) is 12.8. The Hall–Kier alpha value is -3.47. The first-order valence-corrected chi connectivity index (χ1v) is 12.4. The summed E-state index contributed by atoms with van der Waals surface area (Å²) < 4.78 is 5.21. The highest BCUT2D eigenvalue weighted by molar-refractivity contribution is 7.15. The van der Waals surface area contributed by atoms with Crippen LogP contribution in [0.25, 0.3) is 10.6 Å². The van der Waals surface area contributed by atoms with Crippen molar-refractivity contribution < 1.29 is 29.0 Å². The van der Waals surface area contributed by atoms with E-state index >= 15 is 0 Å². The van der Waals surface area contributed by atoms with E-state index in [0.29, 0.717) is 42.7 Å². The number of piperazine rings is 1. The van der Waals surface area contributed by atoms with Crippen molar-refractivity contribution >= 4 is 35.2 Å². The Morgan fingerprint density at radius 1 is 1.09 bits per heavy atom. The minimum Gasteiger partial charge on any atom is -0.481 e. The monoisotopic (exact) mass is 502 g/mol. The number of carboxylic acids is 1. The van der Waals surface area contributed by atoms with Gasteiger partial charge in [-0.2, -0.15) is 0 Å². The third-order valence-corrected chi connectivity index (χ3v) is 6.68. The van der Waals surface area contributed by atoms with Gasteiger partial charge in [0.2, 0.25) is 5.91 Å². The van der Waals surface area contributed by atoms with Crippen LogP contribution in [0.15, 0.2) is 30.3 Å². The molecule has 11 heteroatoms. The van der Waals surface area contributed by atoms with E-state index in [1.54, 1.807) is 9.80 Å². The van der Waals surface area contributed by atoms with Crippen LogP contribution < -0.4 is 5.32 Å². The number of hydrogen-bond acceptors (Lipinski definition) is 7. The normalized spacial score (nSPS) is 13.4. The standard InChI is InChI=1S/C24H30N4O6S/c1-2-3-15-34-24(33)28-13-11-27(12-14-28)19(29)16-25-22(32)21-18(9-10-20(30)31)35-23(26-21)17-7-5-4-6-8-17/h4-8H,2-3,9-16H2,1H3,(H,25,32)(H,30,31). The van der Waals surface area contributed by atoms with Crippen LogP contribution in [0.1, 0.15) is 41.6 Å². The van der Waals surface area contributed by atoms with Gasteiger partial charge in [0.05, 0.1) is 19.6 Å². The predicted molar refractivity (Wildman–Crippen MR) is 130 cm³/mol. The van der Waals surface area contributed by atoms with Crippen molar-refractivity contribution in [3.63, 3.8) is 0 Å². The Kier molecular flexibility index (Phi) is 9.59. The fourth-order valence-corrected chi connectivity index (χ4v) is 4.57. The fourth-order valence-electron chi connectivity index (χ4n) is 3.51. The number of rotatable bonds is 10. The molecule has 1 aromatic carbocycles. The Morgan fingerprint density at radius 3 is 2.43 bits per heavy atom. The number of nitrogens with zero attached hydrogens (tertiary/aromatic N) is 3. The lowest BCUT2D eigenvalue weighted by Crippen LogP contribution is -2.52. The van der Waals surface area contributed by atoms with Crippen molar-refractivity contribution in [1.82, 2.24) is 20.1 Å². The molecule has 0 atom stereocenters. The van der Waals surface area contributed by atoms with Crippen molar-refractivity contribution in [2.45, 2.75) is 32.6 Å². The van der Waals surface area contributed by atoms with E-state index in [1.165, 1.54) is 11.3 Å². The first-order valence-electron chi connectivity index (χ1n) is 11.6. The molecule has 0 saturated carbocycles. The Bertz CT molecular complexity index is 1030. The minimum absolute atomic E-state index is 0.124. The molecular formula is C24H30N4O6S. The number of carboxylic acid groups (broad SMARTS) is 1. The molecule has 3 rings (SSSR count). The van der Waals surface area contributed by atoms with Crippen molar-refractivity contribution in [2.75, 3.05) is 39.3 Å². The fraction of sp³-hybridized carbons (Fsp3) is 0.458. The quantitative estimate of drug-likeness (QED) is 0.478. The minimum atomic E-state index is -0.963. The van der Waals surface area contributed by atoms with E-state index in [9.17, 15) is 19.2 Å². The van der Waals surface area contributed by atoms with Gasteiger partial charge in [-0.15, -0.1) is 11.3 Å². The van der Waals surface area contributed by atoms with Gasteiger partial charge in [0.25, 0.3) is 5.91 Å². The summed E-state index contributed by atoms with van der Waals surface area (Å²) >= 11 is 1.28. The van der Waals surface area contributed by atoms with Crippen molar-refractivity contribution in [2.24, 2.45) is 0 Å². The molecule has 2 heterocycles. The third kappa shape index (κ3) is 7.51. The van der Waals surface area contributed by atoms with Crippen LogP contribution in [0, 0.1) is 0 Å². The molecular weight excluding hydrogens is 472 g/mol. The van der Waals surface area contributed by atoms with E-state index < -0.39 is 11.9 Å². The third-order valence-electron chi connectivity index (χ3n) is 5.51. The smallest absolute Gasteiger partial charge is 0.409 e. The Balaban J connectivity index is 1.56. The van der Waals surface area contributed by atoms with Crippen LogP contribution in [0.5, 0.6) is 0 Å². The first-order chi connectivity index (χ1) is 16.9. The van der Waals surface area contributed by atoms with Gasteiger partial charge in [0, 0.05) is 36.6 Å². The van der Waals surface area contributed by atoms with Crippen LogP contribution >= 0.6 is 11.3 Å². The number of unbranched alkanes of at least 4 members (excludes halogenated alkanes) is 1. The van der Waals surface area contributed by atoms with Crippen LogP contribution in [-0.2, 0) is 20.7 Å². The molecule has 2 N–H and O–H groups in total. The molecule has 1 aliphatic rings. The summed E-state index contributed by atoms with van der Waals surface area (Å²) in [5, 5.41) is 12.3. The molecule has 0 unspecified atom stereocenters. The molecule has 35 heavy (non-hydrogen) atoms. The number of thiazole rings is 1. The zero-order valence-corrected chi connectivity index (χ0v) is 20.5. The molecule has 0 bridgehead atoms. The second-order valence-corrected chi connectivity index (χ2v) is 9.15. The van der Waals surface area contributed by atoms with Gasteiger partial charge < -0.3 is 25.0 Å². The molecule has 1 aliphatic heterocycles. The lowest BCUT2D eigenvalue weighted by molar-refractivity contribution is -0.137. The maximum absolute atomic E-state index is 12.9. The molecule has 188 valence electrons. The van der Waals surface area contributed by atoms with Gasteiger partial charge in [-0.1, -0.05) is 43.7 Å². The van der Waals surface area contributed by atoms with E-state index in [-0.39, 0.29) is 37.1 Å². The van der Waals surface area contributed by atoms with Crippen molar-refractivity contribution in [3.8, 4) is 10.6 Å². The highest BCUT2D eigenvalue weighted by Gasteiger charge is 2.26. The van der Waals surface area contributed by atoms with Crippen molar-refractivity contribution in [1.29, 1.82) is 0 Å². The molecule has 0 spiro atoms. The highest BCUT2D eigenvalue weighted by Crippen LogP contribution is 2.29. The number of amides is 3. The summed E-state index contributed by atoms with van der Waals surface area (Å²) in [6, 6.07) is 9.32. The summed E-state index contributed by atoms with van der Waals surface area (Å²) in [7, 11) is 0. The number of aliphatic carboxylic acids is 1. The highest BCUT2D eigenvalue weighted by atomic mass is 32.1. The first kappa shape index (κ1) is 26.1. The van der Waals surface area contributed by atoms with E-state index in [4.69, 9.17) is 9.84 Å². The van der Waals surface area contributed by atoms with E-state index in [2.05, 4.69) is 10.3 Å².